The van der Waals surface area contributed by atoms with Crippen molar-refractivity contribution in [2.75, 3.05) is 13.1 Å². The fourth-order valence-corrected chi connectivity index (χ4v) is 3.14. The van der Waals surface area contributed by atoms with E-state index in [0.29, 0.717) is 17.6 Å². The molecule has 2 heteroatoms. The number of Topliss-reactive ketones (excluding diaryl/α,β-unsaturated/α-hetero) is 1. The Morgan fingerprint density at radius 2 is 1.69 bits per heavy atom. The molecule has 1 saturated heterocycles. The smallest absolute Gasteiger partial charge is 0.133 e. The highest BCUT2D eigenvalue weighted by atomic mass is 16.1. The van der Waals surface area contributed by atoms with Crippen molar-refractivity contribution in [3.63, 3.8) is 0 Å². The standard InChI is InChI=1S/C14H17NO/c16-14-6-12-9-15(10-13(12)7-14)8-11-4-2-1-3-5-11/h1-5,12-13H,6-10H2/t12-,13+. The van der Waals surface area contributed by atoms with E-state index in [9.17, 15) is 4.79 Å². The number of nitrogens with zero attached hydrogens (tertiary/aromatic N) is 1. The van der Waals surface area contributed by atoms with E-state index in [2.05, 4.69) is 35.2 Å². The maximum atomic E-state index is 11.3. The zero-order valence-electron chi connectivity index (χ0n) is 9.43. The molecule has 0 spiro atoms. The molecule has 2 nitrogen and oxygen atoms in total. The third-order valence-electron chi connectivity index (χ3n) is 3.88. The Balaban J connectivity index is 1.62. The molecular weight excluding hydrogens is 198 g/mol. The molecule has 2 aliphatic rings. The van der Waals surface area contributed by atoms with Crippen LogP contribution in [-0.2, 0) is 11.3 Å². The number of carbonyl (C=O) groups excluding carboxylic acids is 1. The van der Waals surface area contributed by atoms with Gasteiger partial charge in [0.05, 0.1) is 0 Å². The first-order valence-corrected chi connectivity index (χ1v) is 6.09. The number of ketones is 1. The lowest BCUT2D eigenvalue weighted by atomic mass is 10.0. The van der Waals surface area contributed by atoms with Gasteiger partial charge in [-0.25, -0.2) is 0 Å². The van der Waals surface area contributed by atoms with E-state index in [-0.39, 0.29) is 0 Å². The minimum atomic E-state index is 0.481. The molecule has 2 atom stereocenters. The number of benzene rings is 1. The number of hydrogen-bond donors (Lipinski definition) is 0. The molecular formula is C14H17NO. The number of rotatable bonds is 2. The monoisotopic (exact) mass is 215 g/mol. The van der Waals surface area contributed by atoms with Gasteiger partial charge in [-0.2, -0.15) is 0 Å². The van der Waals surface area contributed by atoms with Crippen molar-refractivity contribution in [2.45, 2.75) is 19.4 Å². The van der Waals surface area contributed by atoms with Crippen molar-refractivity contribution in [3.05, 3.63) is 35.9 Å². The van der Waals surface area contributed by atoms with Gasteiger partial charge in [-0.3, -0.25) is 9.69 Å². The van der Waals surface area contributed by atoms with Crippen LogP contribution in [0.4, 0.5) is 0 Å². The van der Waals surface area contributed by atoms with Crippen LogP contribution < -0.4 is 0 Å². The second-order valence-corrected chi connectivity index (χ2v) is 5.15. The molecule has 0 N–H and O–H groups in total. The number of fused-ring (bicyclic) bond motifs is 1. The van der Waals surface area contributed by atoms with Crippen molar-refractivity contribution >= 4 is 5.78 Å². The topological polar surface area (TPSA) is 20.3 Å². The van der Waals surface area contributed by atoms with Crippen LogP contribution in [0.5, 0.6) is 0 Å². The van der Waals surface area contributed by atoms with Gasteiger partial charge in [0.1, 0.15) is 5.78 Å². The molecule has 1 aromatic carbocycles. The van der Waals surface area contributed by atoms with Crippen LogP contribution in [0.15, 0.2) is 30.3 Å². The molecule has 1 saturated carbocycles. The van der Waals surface area contributed by atoms with Gasteiger partial charge in [0.15, 0.2) is 0 Å². The molecule has 0 unspecified atom stereocenters. The third-order valence-corrected chi connectivity index (χ3v) is 3.88. The first-order valence-electron chi connectivity index (χ1n) is 6.09. The van der Waals surface area contributed by atoms with Crippen molar-refractivity contribution in [3.8, 4) is 0 Å². The van der Waals surface area contributed by atoms with E-state index in [1.54, 1.807) is 0 Å². The van der Waals surface area contributed by atoms with Crippen molar-refractivity contribution in [1.82, 2.24) is 4.90 Å². The average Bonchev–Trinajstić information content (AvgIpc) is 2.76. The second-order valence-electron chi connectivity index (χ2n) is 5.15. The minimum Gasteiger partial charge on any atom is -0.300 e. The summed E-state index contributed by atoms with van der Waals surface area (Å²) in [6.45, 7) is 3.28. The molecule has 1 aliphatic heterocycles. The lowest BCUT2D eigenvalue weighted by Crippen LogP contribution is -2.21. The maximum absolute atomic E-state index is 11.3. The Morgan fingerprint density at radius 1 is 1.06 bits per heavy atom. The quantitative estimate of drug-likeness (QED) is 0.753. The van der Waals surface area contributed by atoms with Crippen LogP contribution in [-0.4, -0.2) is 23.8 Å². The lowest BCUT2D eigenvalue weighted by molar-refractivity contribution is -0.118. The summed E-state index contributed by atoms with van der Waals surface area (Å²) in [5.41, 5.74) is 1.38. The zero-order chi connectivity index (χ0) is 11.0. The summed E-state index contributed by atoms with van der Waals surface area (Å²) >= 11 is 0. The summed E-state index contributed by atoms with van der Waals surface area (Å²) in [4.78, 5) is 13.8. The van der Waals surface area contributed by atoms with Gasteiger partial charge >= 0.3 is 0 Å². The van der Waals surface area contributed by atoms with Crippen LogP contribution in [0.1, 0.15) is 18.4 Å². The van der Waals surface area contributed by atoms with Gasteiger partial charge in [0.25, 0.3) is 0 Å². The van der Waals surface area contributed by atoms with E-state index in [4.69, 9.17) is 0 Å². The summed E-state index contributed by atoms with van der Waals surface area (Å²) < 4.78 is 0. The summed E-state index contributed by atoms with van der Waals surface area (Å²) in [6, 6.07) is 10.6. The van der Waals surface area contributed by atoms with Crippen molar-refractivity contribution in [1.29, 1.82) is 0 Å². The van der Waals surface area contributed by atoms with Crippen LogP contribution in [0.25, 0.3) is 0 Å². The molecule has 0 bridgehead atoms. The van der Waals surface area contributed by atoms with Gasteiger partial charge < -0.3 is 0 Å². The first-order chi connectivity index (χ1) is 7.81. The van der Waals surface area contributed by atoms with Gasteiger partial charge in [0, 0.05) is 32.5 Å². The van der Waals surface area contributed by atoms with Gasteiger partial charge in [-0.1, -0.05) is 30.3 Å². The molecule has 1 aliphatic carbocycles. The lowest BCUT2D eigenvalue weighted by Gasteiger charge is -2.16. The molecule has 0 radical (unpaired) electrons. The van der Waals surface area contributed by atoms with Gasteiger partial charge in [-0.05, 0) is 17.4 Å². The highest BCUT2D eigenvalue weighted by Gasteiger charge is 2.39. The number of likely N-dealkylation sites (tertiary alicyclic amines) is 1. The third kappa shape index (κ3) is 1.90. The molecule has 1 aromatic rings. The maximum Gasteiger partial charge on any atom is 0.133 e. The van der Waals surface area contributed by atoms with Gasteiger partial charge in [0.2, 0.25) is 0 Å². The fourth-order valence-electron chi connectivity index (χ4n) is 3.14. The van der Waals surface area contributed by atoms with Crippen molar-refractivity contribution < 1.29 is 4.79 Å². The van der Waals surface area contributed by atoms with Gasteiger partial charge in [-0.15, -0.1) is 0 Å². The molecule has 16 heavy (non-hydrogen) atoms. The Morgan fingerprint density at radius 3 is 2.31 bits per heavy atom. The average molecular weight is 215 g/mol. The minimum absolute atomic E-state index is 0.481. The Kier molecular flexibility index (Phi) is 2.52. The molecule has 0 aromatic heterocycles. The molecule has 0 amide bonds. The largest absolute Gasteiger partial charge is 0.300 e. The summed E-state index contributed by atoms with van der Waals surface area (Å²) in [5, 5.41) is 0. The van der Waals surface area contributed by atoms with Crippen LogP contribution >= 0.6 is 0 Å². The fraction of sp³-hybridized carbons (Fsp3) is 0.500. The second kappa shape index (κ2) is 4.02. The normalized spacial score (nSPS) is 29.6. The highest BCUT2D eigenvalue weighted by molar-refractivity contribution is 5.81. The van der Waals surface area contributed by atoms with Crippen LogP contribution in [0, 0.1) is 11.8 Å². The van der Waals surface area contributed by atoms with Crippen molar-refractivity contribution in [2.24, 2.45) is 11.8 Å². The highest BCUT2D eigenvalue weighted by Crippen LogP contribution is 2.36. The predicted molar refractivity (Wildman–Crippen MR) is 62.9 cm³/mol. The van der Waals surface area contributed by atoms with E-state index in [1.807, 2.05) is 0 Å². The molecule has 3 rings (SSSR count). The summed E-state index contributed by atoms with van der Waals surface area (Å²) in [6.07, 6.45) is 1.66. The van der Waals surface area contributed by atoms with E-state index in [1.165, 1.54) is 5.56 Å². The van der Waals surface area contributed by atoms with E-state index in [0.717, 1.165) is 32.5 Å². The summed E-state index contributed by atoms with van der Waals surface area (Å²) in [5.74, 6) is 1.78. The van der Waals surface area contributed by atoms with Crippen LogP contribution in [0.2, 0.25) is 0 Å². The Labute approximate surface area is 96.3 Å². The number of carbonyl (C=O) groups is 1. The van der Waals surface area contributed by atoms with Crippen LogP contribution in [0.3, 0.4) is 0 Å². The predicted octanol–water partition coefficient (Wildman–Crippen LogP) is 2.10. The molecule has 2 fully saturated rings. The van der Waals surface area contributed by atoms with E-state index >= 15 is 0 Å². The summed E-state index contributed by atoms with van der Waals surface area (Å²) in [7, 11) is 0. The molecule has 1 heterocycles. The number of hydrogen-bond acceptors (Lipinski definition) is 2. The zero-order valence-corrected chi connectivity index (χ0v) is 9.43. The molecule has 84 valence electrons. The van der Waals surface area contributed by atoms with E-state index < -0.39 is 0 Å². The first kappa shape index (κ1) is 10.0. The Hall–Kier alpha value is -1.15. The SMILES string of the molecule is O=C1C[C@@H]2CN(Cc3ccccc3)C[C@@H]2C1. The Bertz CT molecular complexity index is 371.